The topological polar surface area (TPSA) is 108 Å². The van der Waals surface area contributed by atoms with Crippen molar-refractivity contribution in [2.45, 2.75) is 76.8 Å². The minimum atomic E-state index is -0.642. The Labute approximate surface area is 238 Å². The van der Waals surface area contributed by atoms with Gasteiger partial charge in [0.25, 0.3) is 5.91 Å². The van der Waals surface area contributed by atoms with Gasteiger partial charge in [0, 0.05) is 55.3 Å². The van der Waals surface area contributed by atoms with Gasteiger partial charge in [-0.2, -0.15) is 0 Å². The number of benzene rings is 2. The van der Waals surface area contributed by atoms with Crippen molar-refractivity contribution in [3.8, 4) is 0 Å². The van der Waals surface area contributed by atoms with Crippen molar-refractivity contribution in [2.75, 3.05) is 18.4 Å². The summed E-state index contributed by atoms with van der Waals surface area (Å²) >= 11 is 6.54. The molecular formula is C30H33ClN4O5. The number of rotatable bonds is 7. The second kappa shape index (κ2) is 11.0. The number of hydrogen-bond donors (Lipinski definition) is 2. The molecule has 4 amide bonds. The smallest absolute Gasteiger partial charge is 0.255 e. The molecule has 2 bridgehead atoms. The molecule has 0 radical (unpaired) electrons. The van der Waals surface area contributed by atoms with E-state index in [-0.39, 0.29) is 30.6 Å². The van der Waals surface area contributed by atoms with Crippen LogP contribution in [0.4, 0.5) is 5.69 Å². The fourth-order valence-corrected chi connectivity index (χ4v) is 6.52. The summed E-state index contributed by atoms with van der Waals surface area (Å²) < 4.78 is 5.96. The van der Waals surface area contributed by atoms with Crippen LogP contribution in [0, 0.1) is 6.92 Å². The van der Waals surface area contributed by atoms with Crippen molar-refractivity contribution >= 4 is 40.9 Å². The number of morpholine rings is 1. The maximum absolute atomic E-state index is 13.1. The average Bonchev–Trinajstić information content (AvgIpc) is 3.43. The van der Waals surface area contributed by atoms with Crippen molar-refractivity contribution in [2.24, 2.45) is 0 Å². The fraction of sp³-hybridized carbons (Fsp3) is 0.467. The second-order valence-electron chi connectivity index (χ2n) is 11.3. The summed E-state index contributed by atoms with van der Waals surface area (Å²) in [5.74, 6) is -1.08. The highest BCUT2D eigenvalue weighted by Crippen LogP contribution is 2.31. The van der Waals surface area contributed by atoms with E-state index in [1.807, 2.05) is 31.2 Å². The minimum absolute atomic E-state index is 0.132. The lowest BCUT2D eigenvalue weighted by Gasteiger charge is -2.32. The van der Waals surface area contributed by atoms with Crippen LogP contribution < -0.4 is 10.6 Å². The van der Waals surface area contributed by atoms with Crippen molar-refractivity contribution < 1.29 is 23.9 Å². The quantitative estimate of drug-likeness (QED) is 0.499. The number of anilines is 1. The molecule has 10 heteroatoms. The number of likely N-dealkylation sites (tertiary alicyclic amines) is 1. The van der Waals surface area contributed by atoms with E-state index < -0.39 is 11.9 Å². The SMILES string of the molecule is Cc1c(Cl)cc(NC(=O)CCc2ccc3c(c2)C(=O)N(C2CCC(=O)NC2=O)C3)cc1CN1CC2CCC(C1)O2. The lowest BCUT2D eigenvalue weighted by atomic mass is 10.0. The number of nitrogens with zero attached hydrogens (tertiary/aromatic N) is 2. The number of carbonyl (C=O) groups is 4. The van der Waals surface area contributed by atoms with E-state index in [4.69, 9.17) is 16.3 Å². The molecule has 4 heterocycles. The van der Waals surface area contributed by atoms with Crippen molar-refractivity contribution in [3.63, 3.8) is 0 Å². The van der Waals surface area contributed by atoms with Crippen molar-refractivity contribution in [3.05, 3.63) is 63.2 Å². The number of fused-ring (bicyclic) bond motifs is 3. The molecule has 6 rings (SSSR count). The standard InChI is InChI=1S/C30H33ClN4O5/c1-17-20(13-34-15-22-5-6-23(16-34)40-22)11-21(12-25(17)31)32-27(36)8-3-18-2-4-19-14-35(30(39)24(19)10-18)26-7-9-28(37)33-29(26)38/h2,4,10-12,22-23,26H,3,5-9,13-16H2,1H3,(H,32,36)(H,33,37,38). The van der Waals surface area contributed by atoms with Gasteiger partial charge < -0.3 is 15.0 Å². The van der Waals surface area contributed by atoms with Crippen molar-refractivity contribution in [1.29, 1.82) is 0 Å². The number of nitrogens with one attached hydrogen (secondary N) is 2. The molecule has 3 saturated heterocycles. The maximum Gasteiger partial charge on any atom is 0.255 e. The van der Waals surface area contributed by atoms with Gasteiger partial charge in [0.1, 0.15) is 6.04 Å². The first kappa shape index (κ1) is 26.9. The Morgan fingerprint density at radius 2 is 1.88 bits per heavy atom. The Morgan fingerprint density at radius 3 is 2.62 bits per heavy atom. The van der Waals surface area contributed by atoms with Gasteiger partial charge in [-0.05, 0) is 73.1 Å². The first-order chi connectivity index (χ1) is 19.2. The van der Waals surface area contributed by atoms with E-state index in [0.717, 1.165) is 54.7 Å². The molecular weight excluding hydrogens is 532 g/mol. The number of carbonyl (C=O) groups excluding carboxylic acids is 4. The van der Waals surface area contributed by atoms with Crippen LogP contribution in [-0.4, -0.2) is 64.8 Å². The zero-order chi connectivity index (χ0) is 28.0. The molecule has 3 atom stereocenters. The van der Waals surface area contributed by atoms with Crippen LogP contribution >= 0.6 is 11.6 Å². The number of hydrogen-bond acceptors (Lipinski definition) is 6. The van der Waals surface area contributed by atoms with Crippen LogP contribution in [-0.2, 0) is 38.6 Å². The largest absolute Gasteiger partial charge is 0.372 e. The summed E-state index contributed by atoms with van der Waals surface area (Å²) in [6, 6.07) is 8.77. The lowest BCUT2D eigenvalue weighted by molar-refractivity contribution is -0.137. The summed E-state index contributed by atoms with van der Waals surface area (Å²) in [4.78, 5) is 53.7. The Morgan fingerprint density at radius 1 is 1.10 bits per heavy atom. The van der Waals surface area contributed by atoms with E-state index in [1.165, 1.54) is 4.90 Å². The normalized spacial score (nSPS) is 24.3. The highest BCUT2D eigenvalue weighted by molar-refractivity contribution is 6.31. The molecule has 0 spiro atoms. The Hall–Kier alpha value is -3.27. The molecule has 4 aliphatic rings. The van der Waals surface area contributed by atoms with Gasteiger partial charge >= 0.3 is 0 Å². The molecule has 3 unspecified atom stereocenters. The zero-order valence-electron chi connectivity index (χ0n) is 22.5. The van der Waals surface area contributed by atoms with E-state index in [9.17, 15) is 19.2 Å². The third-order valence-corrected chi connectivity index (χ3v) is 8.87. The van der Waals surface area contributed by atoms with Gasteiger partial charge in [0.15, 0.2) is 0 Å². The highest BCUT2D eigenvalue weighted by atomic mass is 35.5. The van der Waals surface area contributed by atoms with Gasteiger partial charge in [0.2, 0.25) is 17.7 Å². The number of amides is 4. The van der Waals surface area contributed by atoms with Crippen LogP contribution in [0.3, 0.4) is 0 Å². The molecule has 2 aromatic rings. The number of ether oxygens (including phenoxy) is 1. The fourth-order valence-electron chi connectivity index (χ4n) is 6.28. The Bertz CT molecular complexity index is 1380. The summed E-state index contributed by atoms with van der Waals surface area (Å²) in [7, 11) is 0. The Kier molecular flexibility index (Phi) is 7.37. The molecule has 2 N–H and O–H groups in total. The van der Waals surface area contributed by atoms with Gasteiger partial charge in [-0.3, -0.25) is 29.4 Å². The second-order valence-corrected chi connectivity index (χ2v) is 11.7. The molecule has 0 aromatic heterocycles. The monoisotopic (exact) mass is 564 g/mol. The summed E-state index contributed by atoms with van der Waals surface area (Å²) in [6.45, 7) is 4.94. The molecule has 210 valence electrons. The third-order valence-electron chi connectivity index (χ3n) is 8.48. The molecule has 2 aromatic carbocycles. The summed E-state index contributed by atoms with van der Waals surface area (Å²) in [5, 5.41) is 5.94. The number of imide groups is 1. The van der Waals surface area contributed by atoms with Crippen molar-refractivity contribution in [1.82, 2.24) is 15.1 Å². The predicted octanol–water partition coefficient (Wildman–Crippen LogP) is 3.34. The molecule has 40 heavy (non-hydrogen) atoms. The number of halogens is 1. The highest BCUT2D eigenvalue weighted by Gasteiger charge is 2.39. The zero-order valence-corrected chi connectivity index (χ0v) is 23.3. The maximum atomic E-state index is 13.1. The molecule has 3 fully saturated rings. The first-order valence-electron chi connectivity index (χ1n) is 14.0. The van der Waals surface area contributed by atoms with E-state index in [2.05, 4.69) is 15.5 Å². The first-order valence-corrected chi connectivity index (χ1v) is 14.3. The van der Waals surface area contributed by atoms with Crippen LogP contribution in [0.25, 0.3) is 0 Å². The van der Waals surface area contributed by atoms with Crippen LogP contribution in [0.1, 0.15) is 64.7 Å². The van der Waals surface area contributed by atoms with E-state index in [1.54, 1.807) is 6.07 Å². The van der Waals surface area contributed by atoms with Gasteiger partial charge in [-0.1, -0.05) is 23.7 Å². The van der Waals surface area contributed by atoms with Crippen LogP contribution in [0.15, 0.2) is 30.3 Å². The molecule has 0 saturated carbocycles. The molecule has 9 nitrogen and oxygen atoms in total. The average molecular weight is 565 g/mol. The Balaban J connectivity index is 1.06. The number of piperidine rings is 1. The van der Waals surface area contributed by atoms with Gasteiger partial charge in [-0.25, -0.2) is 0 Å². The van der Waals surface area contributed by atoms with E-state index in [0.29, 0.717) is 47.9 Å². The summed E-state index contributed by atoms with van der Waals surface area (Å²) in [5.41, 5.74) is 5.06. The lowest BCUT2D eigenvalue weighted by Crippen LogP contribution is -2.52. The van der Waals surface area contributed by atoms with E-state index >= 15 is 0 Å². The molecule has 0 aliphatic carbocycles. The van der Waals surface area contributed by atoms with Crippen LogP contribution in [0.5, 0.6) is 0 Å². The number of aryl methyl sites for hydroxylation is 1. The predicted molar refractivity (Wildman–Crippen MR) is 149 cm³/mol. The van der Waals surface area contributed by atoms with Crippen LogP contribution in [0.2, 0.25) is 5.02 Å². The third kappa shape index (κ3) is 5.50. The molecule has 4 aliphatic heterocycles. The minimum Gasteiger partial charge on any atom is -0.372 e. The summed E-state index contributed by atoms with van der Waals surface area (Å²) in [6.07, 6.45) is 4.13. The van der Waals surface area contributed by atoms with Gasteiger partial charge in [0.05, 0.1) is 12.2 Å². The van der Waals surface area contributed by atoms with Gasteiger partial charge in [-0.15, -0.1) is 0 Å².